The van der Waals surface area contributed by atoms with Gasteiger partial charge in [-0.05, 0) is 24.6 Å². The molecule has 0 heterocycles. The van der Waals surface area contributed by atoms with Crippen molar-refractivity contribution in [1.29, 1.82) is 0 Å². The fourth-order valence-electron chi connectivity index (χ4n) is 1.64. The third-order valence-electron chi connectivity index (χ3n) is 2.69. The minimum Gasteiger partial charge on any atom is -0.341 e. The van der Waals surface area contributed by atoms with Gasteiger partial charge in [-0.1, -0.05) is 12.1 Å². The molecule has 6 heteroatoms. The van der Waals surface area contributed by atoms with E-state index in [2.05, 4.69) is 0 Å². The van der Waals surface area contributed by atoms with Gasteiger partial charge < -0.3 is 10.6 Å². The molecule has 0 aliphatic carbocycles. The Kier molecular flexibility index (Phi) is 5.08. The van der Waals surface area contributed by atoms with Crippen LogP contribution < -0.4 is 5.73 Å². The largest absolute Gasteiger partial charge is 0.341 e. The molecule has 1 aromatic carbocycles. The van der Waals surface area contributed by atoms with E-state index in [-0.39, 0.29) is 16.8 Å². The maximum atomic E-state index is 11.7. The van der Waals surface area contributed by atoms with Crippen LogP contribution in [-0.4, -0.2) is 38.6 Å². The van der Waals surface area contributed by atoms with Gasteiger partial charge in [-0.2, -0.15) is 0 Å². The molecule has 0 spiro atoms. The number of hydrogen-bond acceptors (Lipinski definition) is 4. The minimum absolute atomic E-state index is 0.0258. The Bertz CT molecular complexity index is 536. The highest BCUT2D eigenvalue weighted by atomic mass is 32.2. The van der Waals surface area contributed by atoms with Gasteiger partial charge >= 0.3 is 0 Å². The molecule has 0 aliphatic rings. The van der Waals surface area contributed by atoms with E-state index >= 15 is 0 Å². The molecule has 106 valence electrons. The van der Waals surface area contributed by atoms with Crippen molar-refractivity contribution in [1.82, 2.24) is 4.90 Å². The Morgan fingerprint density at radius 3 is 2.26 bits per heavy atom. The van der Waals surface area contributed by atoms with E-state index in [0.29, 0.717) is 13.0 Å². The first-order valence-electron chi connectivity index (χ1n) is 5.98. The van der Waals surface area contributed by atoms with E-state index < -0.39 is 9.84 Å². The molecular formula is C13H20N2O3S. The monoisotopic (exact) mass is 284 g/mol. The lowest BCUT2D eigenvalue weighted by Gasteiger charge is -2.18. The number of hydrogen-bond donors (Lipinski definition) is 1. The number of nitrogens with zero attached hydrogens (tertiary/aromatic N) is 1. The summed E-state index contributed by atoms with van der Waals surface area (Å²) in [6, 6.07) is 6.36. The summed E-state index contributed by atoms with van der Waals surface area (Å²) in [5.74, 6) is -0.0258. The number of amides is 1. The van der Waals surface area contributed by atoms with E-state index in [1.165, 1.54) is 6.26 Å². The molecule has 1 unspecified atom stereocenters. The molecule has 0 saturated carbocycles. The predicted molar refractivity (Wildman–Crippen MR) is 74.3 cm³/mol. The van der Waals surface area contributed by atoms with Gasteiger partial charge in [-0.3, -0.25) is 4.79 Å². The summed E-state index contributed by atoms with van der Waals surface area (Å²) in [5, 5.41) is 0. The fourth-order valence-corrected chi connectivity index (χ4v) is 2.27. The Morgan fingerprint density at radius 1 is 1.32 bits per heavy atom. The zero-order valence-corrected chi connectivity index (χ0v) is 12.3. The fraction of sp³-hybridized carbons (Fsp3) is 0.462. The minimum atomic E-state index is -3.18. The topological polar surface area (TPSA) is 80.5 Å². The van der Waals surface area contributed by atoms with Gasteiger partial charge in [0.2, 0.25) is 5.91 Å². The highest BCUT2D eigenvalue weighted by molar-refractivity contribution is 7.90. The number of benzene rings is 1. The quantitative estimate of drug-likeness (QED) is 0.866. The summed E-state index contributed by atoms with van der Waals surface area (Å²) >= 11 is 0. The van der Waals surface area contributed by atoms with E-state index in [9.17, 15) is 13.2 Å². The van der Waals surface area contributed by atoms with E-state index in [0.717, 1.165) is 5.56 Å². The summed E-state index contributed by atoms with van der Waals surface area (Å²) in [7, 11) is -1.47. The summed E-state index contributed by atoms with van der Waals surface area (Å²) < 4.78 is 22.6. The number of carbonyl (C=O) groups is 1. The van der Waals surface area contributed by atoms with Crippen LogP contribution in [0.5, 0.6) is 0 Å². The molecule has 0 saturated heterocycles. The van der Waals surface area contributed by atoms with Gasteiger partial charge in [0.25, 0.3) is 0 Å². The maximum Gasteiger partial charge on any atom is 0.224 e. The zero-order valence-electron chi connectivity index (χ0n) is 11.5. The lowest BCUT2D eigenvalue weighted by molar-refractivity contribution is -0.130. The van der Waals surface area contributed by atoms with Crippen molar-refractivity contribution in [3.05, 3.63) is 29.8 Å². The molecular weight excluding hydrogens is 264 g/mol. The second kappa shape index (κ2) is 6.16. The van der Waals surface area contributed by atoms with E-state index in [1.807, 2.05) is 0 Å². The standard InChI is InChI=1S/C13H20N2O3S/c1-10(14)8-13(16)15(2)9-11-4-6-12(7-5-11)19(3,17)18/h4-7,10H,8-9,14H2,1-3H3. The van der Waals surface area contributed by atoms with Gasteiger partial charge in [-0.15, -0.1) is 0 Å². The molecule has 1 atom stereocenters. The average molecular weight is 284 g/mol. The smallest absolute Gasteiger partial charge is 0.224 e. The van der Waals surface area contributed by atoms with Crippen LogP contribution in [0.1, 0.15) is 18.9 Å². The van der Waals surface area contributed by atoms with Gasteiger partial charge in [0.15, 0.2) is 9.84 Å². The third-order valence-corrected chi connectivity index (χ3v) is 3.82. The van der Waals surface area contributed by atoms with Crippen LogP contribution in [0.4, 0.5) is 0 Å². The van der Waals surface area contributed by atoms with Crippen LogP contribution in [0.3, 0.4) is 0 Å². The molecule has 0 bridgehead atoms. The first-order valence-corrected chi connectivity index (χ1v) is 7.88. The zero-order chi connectivity index (χ0) is 14.6. The molecule has 5 nitrogen and oxygen atoms in total. The van der Waals surface area contributed by atoms with Crippen molar-refractivity contribution >= 4 is 15.7 Å². The molecule has 1 rings (SSSR count). The average Bonchev–Trinajstić information content (AvgIpc) is 2.27. The molecule has 1 aromatic rings. The van der Waals surface area contributed by atoms with Crippen molar-refractivity contribution in [2.24, 2.45) is 5.73 Å². The van der Waals surface area contributed by atoms with Gasteiger partial charge in [0.05, 0.1) is 4.90 Å². The first kappa shape index (κ1) is 15.7. The third kappa shape index (κ3) is 5.00. The molecule has 0 fully saturated rings. The van der Waals surface area contributed by atoms with Crippen LogP contribution in [-0.2, 0) is 21.2 Å². The lowest BCUT2D eigenvalue weighted by atomic mass is 10.2. The molecule has 0 aliphatic heterocycles. The van der Waals surface area contributed by atoms with Gasteiger partial charge in [-0.25, -0.2) is 8.42 Å². The Hall–Kier alpha value is -1.40. The number of nitrogens with two attached hydrogens (primary N) is 1. The molecule has 19 heavy (non-hydrogen) atoms. The van der Waals surface area contributed by atoms with Crippen LogP contribution >= 0.6 is 0 Å². The summed E-state index contributed by atoms with van der Waals surface area (Å²) in [4.78, 5) is 13.6. The summed E-state index contributed by atoms with van der Waals surface area (Å²) in [6.45, 7) is 2.22. The highest BCUT2D eigenvalue weighted by Crippen LogP contribution is 2.12. The first-order chi connectivity index (χ1) is 8.70. The van der Waals surface area contributed by atoms with Crippen LogP contribution in [0.25, 0.3) is 0 Å². The lowest BCUT2D eigenvalue weighted by Crippen LogP contribution is -2.31. The van der Waals surface area contributed by atoms with Crippen molar-refractivity contribution in [2.75, 3.05) is 13.3 Å². The van der Waals surface area contributed by atoms with Crippen molar-refractivity contribution in [2.45, 2.75) is 30.8 Å². The number of rotatable bonds is 5. The van der Waals surface area contributed by atoms with E-state index in [4.69, 9.17) is 5.73 Å². The summed E-state index contributed by atoms with van der Waals surface area (Å²) in [5.41, 5.74) is 6.46. The molecule has 2 N–H and O–H groups in total. The number of sulfone groups is 1. The summed E-state index contributed by atoms with van der Waals surface area (Å²) in [6.07, 6.45) is 1.47. The van der Waals surface area contributed by atoms with Crippen LogP contribution in [0, 0.1) is 0 Å². The SMILES string of the molecule is CC(N)CC(=O)N(C)Cc1ccc(S(C)(=O)=O)cc1. The van der Waals surface area contributed by atoms with Crippen LogP contribution in [0.15, 0.2) is 29.2 Å². The maximum absolute atomic E-state index is 11.7. The molecule has 0 aromatic heterocycles. The normalized spacial score (nSPS) is 13.1. The predicted octanol–water partition coefficient (Wildman–Crippen LogP) is 0.786. The van der Waals surface area contributed by atoms with Gasteiger partial charge in [0.1, 0.15) is 0 Å². The van der Waals surface area contributed by atoms with Crippen LogP contribution in [0.2, 0.25) is 0 Å². The van der Waals surface area contributed by atoms with Crippen molar-refractivity contribution < 1.29 is 13.2 Å². The van der Waals surface area contributed by atoms with Gasteiger partial charge in [0, 0.05) is 32.3 Å². The number of carbonyl (C=O) groups excluding carboxylic acids is 1. The molecule has 0 radical (unpaired) electrons. The highest BCUT2D eigenvalue weighted by Gasteiger charge is 2.12. The molecule has 1 amide bonds. The van der Waals surface area contributed by atoms with E-state index in [1.54, 1.807) is 43.1 Å². The Morgan fingerprint density at radius 2 is 1.84 bits per heavy atom. The Balaban J connectivity index is 2.71. The Labute approximate surface area is 114 Å². The van der Waals surface area contributed by atoms with Crippen molar-refractivity contribution in [3.8, 4) is 0 Å². The second-order valence-electron chi connectivity index (χ2n) is 4.85. The second-order valence-corrected chi connectivity index (χ2v) is 6.86. The van der Waals surface area contributed by atoms with Crippen molar-refractivity contribution in [3.63, 3.8) is 0 Å².